The van der Waals surface area contributed by atoms with E-state index >= 15 is 0 Å². The normalized spacial score (nSPS) is 14.3. The summed E-state index contributed by atoms with van der Waals surface area (Å²) >= 11 is 4.71. The van der Waals surface area contributed by atoms with Crippen LogP contribution in [0.4, 0.5) is 0 Å². The predicted molar refractivity (Wildman–Crippen MR) is 79.3 cm³/mol. The molecule has 0 aromatic heterocycles. The van der Waals surface area contributed by atoms with E-state index in [9.17, 15) is 14.4 Å². The van der Waals surface area contributed by atoms with Gasteiger partial charge in [-0.2, -0.15) is 0 Å². The van der Waals surface area contributed by atoms with Crippen LogP contribution in [0.3, 0.4) is 0 Å². The summed E-state index contributed by atoms with van der Waals surface area (Å²) in [6, 6.07) is 6.54. The van der Waals surface area contributed by atoms with Crippen molar-refractivity contribution in [3.8, 4) is 0 Å². The second-order valence-electron chi connectivity index (χ2n) is 4.10. The van der Waals surface area contributed by atoms with E-state index in [-0.39, 0.29) is 22.9 Å². The largest absolute Gasteiger partial charge is 0.462 e. The Hall–Kier alpha value is -2.54. The molecule has 1 aliphatic heterocycles. The Labute approximate surface area is 126 Å². The van der Waals surface area contributed by atoms with Crippen LogP contribution in [0.15, 0.2) is 29.8 Å². The molecule has 1 saturated heterocycles. The van der Waals surface area contributed by atoms with Crippen LogP contribution in [0.1, 0.15) is 22.8 Å². The first-order valence-corrected chi connectivity index (χ1v) is 6.58. The summed E-state index contributed by atoms with van der Waals surface area (Å²) in [5.41, 5.74) is 0.574. The highest BCUT2D eigenvalue weighted by Crippen LogP contribution is 2.16. The number of carbonyl (C=O) groups is 3. The van der Waals surface area contributed by atoms with Crippen LogP contribution in [0.5, 0.6) is 0 Å². The smallest absolute Gasteiger partial charge is 0.338 e. The third-order valence-electron chi connectivity index (χ3n) is 2.70. The molecule has 0 unspecified atom stereocenters. The number of thiocarbonyl (C=S) groups is 1. The Kier molecular flexibility index (Phi) is 4.44. The Morgan fingerprint density at radius 2 is 1.86 bits per heavy atom. The SMILES string of the molecule is CCOC(=O)c1ccccc1C=C1C(=O)NC(=S)NC1=O. The first-order chi connectivity index (χ1) is 10.0. The van der Waals surface area contributed by atoms with Gasteiger partial charge in [-0.1, -0.05) is 18.2 Å². The quantitative estimate of drug-likeness (QED) is 0.373. The van der Waals surface area contributed by atoms with Gasteiger partial charge >= 0.3 is 5.97 Å². The number of ether oxygens (including phenoxy) is 1. The van der Waals surface area contributed by atoms with E-state index in [1.807, 2.05) is 0 Å². The van der Waals surface area contributed by atoms with Crippen molar-refractivity contribution in [2.75, 3.05) is 6.61 Å². The summed E-state index contributed by atoms with van der Waals surface area (Å²) in [6.45, 7) is 1.93. The third kappa shape index (κ3) is 3.32. The number of benzene rings is 1. The number of amides is 2. The average molecular weight is 304 g/mol. The molecule has 0 spiro atoms. The van der Waals surface area contributed by atoms with Crippen LogP contribution < -0.4 is 10.6 Å². The summed E-state index contributed by atoms with van der Waals surface area (Å²) in [7, 11) is 0. The molecule has 0 saturated carbocycles. The Balaban J connectivity index is 2.41. The van der Waals surface area contributed by atoms with Crippen LogP contribution in [0, 0.1) is 0 Å². The maximum Gasteiger partial charge on any atom is 0.338 e. The fourth-order valence-corrected chi connectivity index (χ4v) is 1.96. The minimum atomic E-state index is -0.609. The minimum Gasteiger partial charge on any atom is -0.462 e. The van der Waals surface area contributed by atoms with E-state index in [1.54, 1.807) is 31.2 Å². The van der Waals surface area contributed by atoms with Gasteiger partial charge in [0.05, 0.1) is 12.2 Å². The number of hydrogen-bond donors (Lipinski definition) is 2. The lowest BCUT2D eigenvalue weighted by molar-refractivity contribution is -0.123. The zero-order valence-electron chi connectivity index (χ0n) is 11.1. The zero-order valence-corrected chi connectivity index (χ0v) is 12.0. The van der Waals surface area contributed by atoms with E-state index in [1.165, 1.54) is 6.08 Å². The molecule has 2 amide bonds. The van der Waals surface area contributed by atoms with Crippen LogP contribution in [-0.2, 0) is 14.3 Å². The molecule has 0 radical (unpaired) electrons. The summed E-state index contributed by atoms with van der Waals surface area (Å²) in [4.78, 5) is 35.4. The maximum atomic E-state index is 11.8. The van der Waals surface area contributed by atoms with Crippen molar-refractivity contribution in [3.63, 3.8) is 0 Å². The number of nitrogens with one attached hydrogen (secondary N) is 2. The van der Waals surface area contributed by atoms with Gasteiger partial charge in [-0.05, 0) is 36.8 Å². The van der Waals surface area contributed by atoms with Gasteiger partial charge in [0.2, 0.25) is 0 Å². The summed E-state index contributed by atoms with van der Waals surface area (Å²) in [6.07, 6.45) is 1.33. The molecule has 21 heavy (non-hydrogen) atoms. The zero-order chi connectivity index (χ0) is 15.4. The number of carbonyl (C=O) groups excluding carboxylic acids is 3. The number of esters is 1. The second-order valence-corrected chi connectivity index (χ2v) is 4.51. The fourth-order valence-electron chi connectivity index (χ4n) is 1.78. The van der Waals surface area contributed by atoms with Gasteiger partial charge in [0.25, 0.3) is 11.8 Å². The van der Waals surface area contributed by atoms with Crippen molar-refractivity contribution < 1.29 is 19.1 Å². The van der Waals surface area contributed by atoms with E-state index in [0.717, 1.165) is 0 Å². The molecule has 108 valence electrons. The molecule has 7 heteroatoms. The number of hydrogen-bond acceptors (Lipinski definition) is 5. The topological polar surface area (TPSA) is 84.5 Å². The van der Waals surface area contributed by atoms with Crippen molar-refractivity contribution in [1.82, 2.24) is 10.6 Å². The van der Waals surface area contributed by atoms with Crippen LogP contribution >= 0.6 is 12.2 Å². The highest BCUT2D eigenvalue weighted by molar-refractivity contribution is 7.80. The average Bonchev–Trinajstić information content (AvgIpc) is 2.43. The Bertz CT molecular complexity index is 645. The van der Waals surface area contributed by atoms with Crippen LogP contribution in [-0.4, -0.2) is 29.5 Å². The third-order valence-corrected chi connectivity index (χ3v) is 2.90. The van der Waals surface area contributed by atoms with Gasteiger partial charge in [0, 0.05) is 0 Å². The van der Waals surface area contributed by atoms with Crippen LogP contribution in [0.25, 0.3) is 6.08 Å². The highest BCUT2D eigenvalue weighted by atomic mass is 32.1. The lowest BCUT2D eigenvalue weighted by atomic mass is 10.0. The summed E-state index contributed by atoms with van der Waals surface area (Å²) in [5, 5.41) is 4.62. The van der Waals surface area contributed by atoms with Crippen molar-refractivity contribution >= 4 is 41.2 Å². The van der Waals surface area contributed by atoms with Gasteiger partial charge in [0.1, 0.15) is 5.57 Å². The molecule has 1 fully saturated rings. The summed E-state index contributed by atoms with van der Waals surface area (Å²) < 4.78 is 4.94. The maximum absolute atomic E-state index is 11.8. The van der Waals surface area contributed by atoms with E-state index in [2.05, 4.69) is 10.6 Å². The standard InChI is InChI=1S/C14H12N2O4S/c1-2-20-13(19)9-6-4-3-5-8(9)7-10-11(17)15-14(21)16-12(10)18/h3-7H,2H2,1H3,(H2,15,16,17,18,21). The predicted octanol–water partition coefficient (Wildman–Crippen LogP) is 0.778. The molecule has 1 aliphatic rings. The second kappa shape index (κ2) is 6.27. The lowest BCUT2D eigenvalue weighted by Crippen LogP contribution is -2.51. The van der Waals surface area contributed by atoms with Crippen molar-refractivity contribution in [3.05, 3.63) is 41.0 Å². The van der Waals surface area contributed by atoms with E-state index in [4.69, 9.17) is 17.0 Å². The molecule has 1 heterocycles. The monoisotopic (exact) mass is 304 g/mol. The molecule has 0 aliphatic carbocycles. The molecule has 1 aromatic carbocycles. The minimum absolute atomic E-state index is 0.0409. The Morgan fingerprint density at radius 3 is 2.48 bits per heavy atom. The van der Waals surface area contributed by atoms with Crippen molar-refractivity contribution in [1.29, 1.82) is 0 Å². The van der Waals surface area contributed by atoms with E-state index < -0.39 is 17.8 Å². The fraction of sp³-hybridized carbons (Fsp3) is 0.143. The van der Waals surface area contributed by atoms with Gasteiger partial charge < -0.3 is 4.74 Å². The molecule has 2 N–H and O–H groups in total. The van der Waals surface area contributed by atoms with E-state index in [0.29, 0.717) is 5.56 Å². The summed E-state index contributed by atoms with van der Waals surface area (Å²) in [5.74, 6) is -1.73. The first-order valence-electron chi connectivity index (χ1n) is 6.17. The highest BCUT2D eigenvalue weighted by Gasteiger charge is 2.26. The molecule has 1 aromatic rings. The number of rotatable bonds is 3. The van der Waals surface area contributed by atoms with Gasteiger partial charge in [-0.15, -0.1) is 0 Å². The van der Waals surface area contributed by atoms with Crippen LogP contribution in [0.2, 0.25) is 0 Å². The van der Waals surface area contributed by atoms with Crippen molar-refractivity contribution in [2.24, 2.45) is 0 Å². The molecule has 0 atom stereocenters. The van der Waals surface area contributed by atoms with Gasteiger partial charge in [-0.3, -0.25) is 20.2 Å². The molecule has 2 rings (SSSR count). The molecular weight excluding hydrogens is 292 g/mol. The molecular formula is C14H12N2O4S. The lowest BCUT2D eigenvalue weighted by Gasteiger charge is -2.16. The van der Waals surface area contributed by atoms with Gasteiger partial charge in [0.15, 0.2) is 5.11 Å². The molecule has 0 bridgehead atoms. The van der Waals surface area contributed by atoms with Gasteiger partial charge in [-0.25, -0.2) is 4.79 Å². The van der Waals surface area contributed by atoms with Crippen molar-refractivity contribution in [2.45, 2.75) is 6.92 Å². The molecule has 6 nitrogen and oxygen atoms in total. The first kappa shape index (κ1) is 14.9. The Morgan fingerprint density at radius 1 is 1.24 bits per heavy atom.